The van der Waals surface area contributed by atoms with Crippen molar-refractivity contribution in [2.24, 2.45) is 5.73 Å². The van der Waals surface area contributed by atoms with Crippen molar-refractivity contribution in [2.75, 3.05) is 13.7 Å². The van der Waals surface area contributed by atoms with Crippen LogP contribution in [0.1, 0.15) is 71.6 Å². The van der Waals surface area contributed by atoms with Crippen molar-refractivity contribution in [3.8, 4) is 5.75 Å². The van der Waals surface area contributed by atoms with Crippen molar-refractivity contribution < 1.29 is 38.6 Å². The van der Waals surface area contributed by atoms with E-state index in [9.17, 15) is 29.1 Å². The van der Waals surface area contributed by atoms with Gasteiger partial charge in [-0.2, -0.15) is 0 Å². The van der Waals surface area contributed by atoms with E-state index >= 15 is 0 Å². The molecule has 4 amide bonds. The molecule has 5 N–H and O–H groups in total. The molecular weight excluding hydrogens is 496 g/mol. The van der Waals surface area contributed by atoms with Gasteiger partial charge in [-0.25, -0.2) is 4.79 Å². The molecule has 0 aliphatic heterocycles. The highest BCUT2D eigenvalue weighted by Gasteiger charge is 2.42. The van der Waals surface area contributed by atoms with E-state index in [-0.39, 0.29) is 18.6 Å². The second-order valence-electron chi connectivity index (χ2n) is 10.8. The SMILES string of the molecule is COC(=O)CNC(=O)C(c1ccc(O)c(C)c1)N(C(=O)C(CCC(N)=O)NC(=O)OC(C)(C)C)C(C)(C)C. The lowest BCUT2D eigenvalue weighted by molar-refractivity contribution is -0.149. The van der Waals surface area contributed by atoms with Gasteiger partial charge in [-0.15, -0.1) is 0 Å². The molecule has 12 heteroatoms. The molecule has 38 heavy (non-hydrogen) atoms. The summed E-state index contributed by atoms with van der Waals surface area (Å²) in [4.78, 5) is 64.6. The highest BCUT2D eigenvalue weighted by Crippen LogP contribution is 2.32. The molecule has 1 aromatic carbocycles. The Morgan fingerprint density at radius 3 is 2.16 bits per heavy atom. The lowest BCUT2D eigenvalue weighted by atomic mass is 9.93. The van der Waals surface area contributed by atoms with Crippen LogP contribution in [0.4, 0.5) is 4.79 Å². The quantitative estimate of drug-likeness (QED) is 0.327. The number of nitrogens with zero attached hydrogens (tertiary/aromatic N) is 1. The zero-order valence-electron chi connectivity index (χ0n) is 23.3. The number of primary amides is 1. The highest BCUT2D eigenvalue weighted by molar-refractivity contribution is 5.94. The number of nitrogens with one attached hydrogen (secondary N) is 2. The van der Waals surface area contributed by atoms with Gasteiger partial charge in [-0.3, -0.25) is 19.2 Å². The number of phenolic OH excluding ortho intramolecular Hbond substituents is 1. The summed E-state index contributed by atoms with van der Waals surface area (Å²) in [7, 11) is 1.17. The smallest absolute Gasteiger partial charge is 0.408 e. The molecule has 212 valence electrons. The Kier molecular flexibility index (Phi) is 11.1. The van der Waals surface area contributed by atoms with Crippen molar-refractivity contribution in [2.45, 2.75) is 84.5 Å². The molecule has 0 saturated heterocycles. The summed E-state index contributed by atoms with van der Waals surface area (Å²) in [6.07, 6.45) is -1.26. The number of carbonyl (C=O) groups is 5. The maximum absolute atomic E-state index is 14.1. The van der Waals surface area contributed by atoms with E-state index in [1.165, 1.54) is 24.1 Å². The van der Waals surface area contributed by atoms with Crippen LogP contribution in [0.15, 0.2) is 18.2 Å². The van der Waals surface area contributed by atoms with E-state index in [4.69, 9.17) is 10.5 Å². The second-order valence-corrected chi connectivity index (χ2v) is 10.8. The maximum atomic E-state index is 14.1. The number of aromatic hydroxyl groups is 1. The number of benzene rings is 1. The first-order valence-electron chi connectivity index (χ1n) is 12.1. The largest absolute Gasteiger partial charge is 0.508 e. The summed E-state index contributed by atoms with van der Waals surface area (Å²) in [6, 6.07) is 1.86. The number of hydrogen-bond acceptors (Lipinski definition) is 8. The van der Waals surface area contributed by atoms with Gasteiger partial charge in [0.15, 0.2) is 0 Å². The van der Waals surface area contributed by atoms with Crippen LogP contribution in [-0.4, -0.2) is 70.6 Å². The van der Waals surface area contributed by atoms with Gasteiger partial charge < -0.3 is 35.8 Å². The van der Waals surface area contributed by atoms with Crippen molar-refractivity contribution in [3.05, 3.63) is 29.3 Å². The molecule has 1 aromatic rings. The summed E-state index contributed by atoms with van der Waals surface area (Å²) in [5.41, 5.74) is 4.24. The number of carbonyl (C=O) groups excluding carboxylic acids is 5. The Hall–Kier alpha value is -3.83. The summed E-state index contributed by atoms with van der Waals surface area (Å²) in [5.74, 6) is -2.78. The number of phenols is 1. The van der Waals surface area contributed by atoms with Crippen molar-refractivity contribution in [1.29, 1.82) is 0 Å². The number of alkyl carbamates (subject to hydrolysis) is 1. The molecule has 2 unspecified atom stereocenters. The third-order valence-electron chi connectivity index (χ3n) is 5.31. The van der Waals surface area contributed by atoms with Gasteiger partial charge in [0, 0.05) is 12.0 Å². The fourth-order valence-corrected chi connectivity index (χ4v) is 3.60. The first-order chi connectivity index (χ1) is 17.4. The van der Waals surface area contributed by atoms with Gasteiger partial charge in [0.05, 0.1) is 7.11 Å². The van der Waals surface area contributed by atoms with Gasteiger partial charge >= 0.3 is 12.1 Å². The average molecular weight is 537 g/mol. The molecule has 0 aliphatic carbocycles. The van der Waals surface area contributed by atoms with Gasteiger partial charge in [0.1, 0.15) is 30.0 Å². The number of aryl methyl sites for hydroxylation is 1. The summed E-state index contributed by atoms with van der Waals surface area (Å²) in [5, 5.41) is 15.0. The van der Waals surface area contributed by atoms with Crippen LogP contribution in [0, 0.1) is 6.92 Å². The van der Waals surface area contributed by atoms with E-state index in [2.05, 4.69) is 15.4 Å². The lowest BCUT2D eigenvalue weighted by Gasteiger charge is -2.43. The normalized spacial score (nSPS) is 13.1. The van der Waals surface area contributed by atoms with E-state index in [0.29, 0.717) is 11.1 Å². The average Bonchev–Trinajstić information content (AvgIpc) is 2.77. The molecule has 0 saturated carbocycles. The molecule has 12 nitrogen and oxygen atoms in total. The number of amides is 4. The van der Waals surface area contributed by atoms with E-state index in [1.807, 2.05) is 0 Å². The van der Waals surface area contributed by atoms with Gasteiger partial charge in [-0.1, -0.05) is 6.07 Å². The van der Waals surface area contributed by atoms with Crippen LogP contribution in [-0.2, 0) is 28.7 Å². The fraction of sp³-hybridized carbons (Fsp3) is 0.577. The Bertz CT molecular complexity index is 1040. The van der Waals surface area contributed by atoms with Crippen LogP contribution >= 0.6 is 0 Å². The number of hydrogen-bond donors (Lipinski definition) is 4. The Morgan fingerprint density at radius 2 is 1.68 bits per heavy atom. The minimum Gasteiger partial charge on any atom is -0.508 e. The number of ether oxygens (including phenoxy) is 2. The standard InChI is InChI=1S/C26H40N4O8/c1-15-13-16(9-11-18(15)31)21(22(34)28-14-20(33)37-8)30(25(2,3)4)23(35)17(10-12-19(27)32)29-24(36)38-26(5,6)7/h9,11,13,17,21,31H,10,12,14H2,1-8H3,(H2,27,32)(H,28,34)(H,29,36). The zero-order chi connectivity index (χ0) is 29.4. The number of methoxy groups -OCH3 is 1. The minimum absolute atomic E-state index is 0.0120. The summed E-state index contributed by atoms with van der Waals surface area (Å²) >= 11 is 0. The molecule has 0 bridgehead atoms. The monoisotopic (exact) mass is 536 g/mol. The van der Waals surface area contributed by atoms with Gasteiger partial charge in [0.25, 0.3) is 0 Å². The van der Waals surface area contributed by atoms with Crippen LogP contribution < -0.4 is 16.4 Å². The molecule has 0 spiro atoms. The highest BCUT2D eigenvalue weighted by atomic mass is 16.6. The van der Waals surface area contributed by atoms with E-state index in [1.54, 1.807) is 54.5 Å². The van der Waals surface area contributed by atoms with Crippen molar-refractivity contribution in [1.82, 2.24) is 15.5 Å². The summed E-state index contributed by atoms with van der Waals surface area (Å²) in [6.45, 7) is 11.2. The van der Waals surface area contributed by atoms with Crippen LogP contribution in [0.2, 0.25) is 0 Å². The third kappa shape index (κ3) is 9.91. The van der Waals surface area contributed by atoms with Crippen LogP contribution in [0.3, 0.4) is 0 Å². The van der Waals surface area contributed by atoms with Crippen molar-refractivity contribution >= 4 is 29.8 Å². The molecular formula is C26H40N4O8. The molecule has 0 aliphatic rings. The minimum atomic E-state index is -1.29. The Labute approximate surface area is 223 Å². The molecule has 0 radical (unpaired) electrons. The fourth-order valence-electron chi connectivity index (χ4n) is 3.60. The first-order valence-corrected chi connectivity index (χ1v) is 12.1. The third-order valence-corrected chi connectivity index (χ3v) is 5.31. The molecule has 2 atom stereocenters. The first kappa shape index (κ1) is 32.2. The van der Waals surface area contributed by atoms with E-state index < -0.39 is 59.6 Å². The Balaban J connectivity index is 3.62. The second kappa shape index (κ2) is 13.1. The number of nitrogens with two attached hydrogens (primary N) is 1. The zero-order valence-corrected chi connectivity index (χ0v) is 23.3. The van der Waals surface area contributed by atoms with Crippen LogP contribution in [0.5, 0.6) is 5.75 Å². The predicted molar refractivity (Wildman–Crippen MR) is 139 cm³/mol. The topological polar surface area (TPSA) is 177 Å². The van der Waals surface area contributed by atoms with Crippen molar-refractivity contribution in [3.63, 3.8) is 0 Å². The molecule has 0 aromatic heterocycles. The van der Waals surface area contributed by atoms with Crippen LogP contribution in [0.25, 0.3) is 0 Å². The predicted octanol–water partition coefficient (Wildman–Crippen LogP) is 1.82. The van der Waals surface area contributed by atoms with Gasteiger partial charge in [-0.05, 0) is 78.1 Å². The molecule has 0 fully saturated rings. The van der Waals surface area contributed by atoms with Gasteiger partial charge in [0.2, 0.25) is 17.7 Å². The lowest BCUT2D eigenvalue weighted by Crippen LogP contribution is -2.59. The number of rotatable bonds is 10. The Morgan fingerprint density at radius 1 is 1.08 bits per heavy atom. The summed E-state index contributed by atoms with van der Waals surface area (Å²) < 4.78 is 9.89. The molecule has 1 rings (SSSR count). The number of esters is 1. The molecule has 0 heterocycles. The van der Waals surface area contributed by atoms with E-state index in [0.717, 1.165) is 0 Å². The maximum Gasteiger partial charge on any atom is 0.408 e.